The Bertz CT molecular complexity index is 1230. The first-order valence-electron chi connectivity index (χ1n) is 11.0. The zero-order valence-electron chi connectivity index (χ0n) is 18.3. The van der Waals surface area contributed by atoms with Crippen LogP contribution in [-0.2, 0) is 19.3 Å². The van der Waals surface area contributed by atoms with Crippen LogP contribution in [0.5, 0.6) is 0 Å². The quantitative estimate of drug-likeness (QED) is 0.297. The molecule has 0 spiro atoms. The van der Waals surface area contributed by atoms with E-state index < -0.39 is 0 Å². The Balaban J connectivity index is 1.62. The molecule has 0 unspecified atom stereocenters. The van der Waals surface area contributed by atoms with Crippen molar-refractivity contribution in [3.05, 3.63) is 122 Å². The standard InChI is InChI=1S/C29H25Cl2N/c1-19-3-11-24(12-4-19)32(25-13-5-20(2)6-14-25)26-15-9-21-7-8-22-10-16-28(30)29(31)27(22)18-23(21)17-26/h3-6,9-17H,7-8,18H2,1-2H3. The first-order valence-corrected chi connectivity index (χ1v) is 11.8. The summed E-state index contributed by atoms with van der Waals surface area (Å²) in [4.78, 5) is 2.32. The van der Waals surface area contributed by atoms with Crippen LogP contribution in [0.15, 0.2) is 78.9 Å². The van der Waals surface area contributed by atoms with E-state index in [2.05, 4.69) is 91.5 Å². The monoisotopic (exact) mass is 457 g/mol. The van der Waals surface area contributed by atoms with Crippen LogP contribution < -0.4 is 4.90 Å². The number of hydrogen-bond acceptors (Lipinski definition) is 1. The first-order chi connectivity index (χ1) is 15.5. The van der Waals surface area contributed by atoms with Gasteiger partial charge >= 0.3 is 0 Å². The van der Waals surface area contributed by atoms with Gasteiger partial charge in [-0.2, -0.15) is 0 Å². The number of halogens is 2. The molecule has 4 aromatic rings. The van der Waals surface area contributed by atoms with Crippen LogP contribution in [0.25, 0.3) is 0 Å². The molecule has 32 heavy (non-hydrogen) atoms. The molecule has 0 atom stereocenters. The molecule has 3 heteroatoms. The van der Waals surface area contributed by atoms with Crippen molar-refractivity contribution < 1.29 is 0 Å². The van der Waals surface area contributed by atoms with Crippen molar-refractivity contribution in [2.75, 3.05) is 4.90 Å². The topological polar surface area (TPSA) is 3.24 Å². The fourth-order valence-corrected chi connectivity index (χ4v) is 4.94. The van der Waals surface area contributed by atoms with Gasteiger partial charge in [-0.15, -0.1) is 0 Å². The molecule has 5 rings (SSSR count). The minimum absolute atomic E-state index is 0.631. The van der Waals surface area contributed by atoms with E-state index in [4.69, 9.17) is 23.2 Å². The maximum atomic E-state index is 6.63. The van der Waals surface area contributed by atoms with Crippen LogP contribution in [0.3, 0.4) is 0 Å². The highest BCUT2D eigenvalue weighted by molar-refractivity contribution is 6.42. The average molecular weight is 458 g/mol. The van der Waals surface area contributed by atoms with Crippen molar-refractivity contribution in [3.8, 4) is 0 Å². The molecule has 160 valence electrons. The maximum Gasteiger partial charge on any atom is 0.0630 e. The van der Waals surface area contributed by atoms with Gasteiger partial charge in [-0.1, -0.05) is 70.7 Å². The largest absolute Gasteiger partial charge is 0.310 e. The lowest BCUT2D eigenvalue weighted by atomic mass is 9.99. The van der Waals surface area contributed by atoms with E-state index in [1.165, 1.54) is 27.8 Å². The Morgan fingerprint density at radius 3 is 1.75 bits per heavy atom. The van der Waals surface area contributed by atoms with E-state index in [0.29, 0.717) is 10.0 Å². The molecule has 0 bridgehead atoms. The van der Waals surface area contributed by atoms with Gasteiger partial charge in [-0.05, 0) is 97.8 Å². The molecule has 0 saturated carbocycles. The molecule has 0 N–H and O–H groups in total. The van der Waals surface area contributed by atoms with E-state index in [9.17, 15) is 0 Å². The van der Waals surface area contributed by atoms with Crippen molar-refractivity contribution in [2.45, 2.75) is 33.1 Å². The Morgan fingerprint density at radius 1 is 0.594 bits per heavy atom. The summed E-state index contributed by atoms with van der Waals surface area (Å²) >= 11 is 13.0. The summed E-state index contributed by atoms with van der Waals surface area (Å²) in [6.07, 6.45) is 2.79. The highest BCUT2D eigenvalue weighted by atomic mass is 35.5. The van der Waals surface area contributed by atoms with Gasteiger partial charge in [0.05, 0.1) is 10.0 Å². The Hall–Kier alpha value is -2.74. The fourth-order valence-electron chi connectivity index (χ4n) is 4.51. The van der Waals surface area contributed by atoms with Gasteiger partial charge in [0.25, 0.3) is 0 Å². The van der Waals surface area contributed by atoms with Crippen molar-refractivity contribution in [3.63, 3.8) is 0 Å². The zero-order valence-corrected chi connectivity index (χ0v) is 19.8. The second-order valence-corrected chi connectivity index (χ2v) is 9.42. The first kappa shape index (κ1) is 21.1. The van der Waals surface area contributed by atoms with Crippen molar-refractivity contribution in [2.24, 2.45) is 0 Å². The number of fused-ring (bicyclic) bond motifs is 2. The van der Waals surface area contributed by atoms with Crippen LogP contribution in [-0.4, -0.2) is 0 Å². The van der Waals surface area contributed by atoms with E-state index in [1.54, 1.807) is 0 Å². The molecule has 0 aliphatic heterocycles. The summed E-state index contributed by atoms with van der Waals surface area (Å²) in [6.45, 7) is 4.24. The number of aryl methyl sites for hydroxylation is 4. The van der Waals surface area contributed by atoms with Gasteiger partial charge in [0, 0.05) is 17.1 Å². The summed E-state index contributed by atoms with van der Waals surface area (Å²) in [5.41, 5.74) is 11.1. The SMILES string of the molecule is Cc1ccc(N(c2ccc(C)cc2)c2ccc3c(c2)Cc2c(ccc(Cl)c2Cl)CC3)cc1. The Morgan fingerprint density at radius 2 is 1.12 bits per heavy atom. The van der Waals surface area contributed by atoms with Gasteiger partial charge in [0.2, 0.25) is 0 Å². The lowest BCUT2D eigenvalue weighted by molar-refractivity contribution is 0.965. The normalized spacial score (nSPS) is 12.6. The highest BCUT2D eigenvalue weighted by Gasteiger charge is 2.20. The Kier molecular flexibility index (Phi) is 5.71. The van der Waals surface area contributed by atoms with Crippen LogP contribution in [0.4, 0.5) is 17.1 Å². The molecular formula is C29H25Cl2N. The van der Waals surface area contributed by atoms with E-state index >= 15 is 0 Å². The number of anilines is 3. The number of benzene rings is 4. The van der Waals surface area contributed by atoms with Crippen LogP contribution >= 0.6 is 23.2 Å². The van der Waals surface area contributed by atoms with Gasteiger partial charge in [-0.3, -0.25) is 0 Å². The molecular weight excluding hydrogens is 433 g/mol. The predicted molar refractivity (Wildman–Crippen MR) is 137 cm³/mol. The molecule has 0 amide bonds. The molecule has 0 heterocycles. The maximum absolute atomic E-state index is 6.63. The van der Waals surface area contributed by atoms with Crippen LogP contribution in [0.2, 0.25) is 10.0 Å². The summed E-state index contributed by atoms with van der Waals surface area (Å²) in [7, 11) is 0. The van der Waals surface area contributed by atoms with Gasteiger partial charge < -0.3 is 4.90 Å². The third-order valence-corrected chi connectivity index (χ3v) is 7.20. The number of hydrogen-bond donors (Lipinski definition) is 0. The summed E-state index contributed by atoms with van der Waals surface area (Å²) in [5.74, 6) is 0. The minimum Gasteiger partial charge on any atom is -0.310 e. The van der Waals surface area contributed by atoms with Crippen LogP contribution in [0.1, 0.15) is 33.4 Å². The molecule has 1 aliphatic carbocycles. The van der Waals surface area contributed by atoms with Gasteiger partial charge in [-0.25, -0.2) is 0 Å². The minimum atomic E-state index is 0.631. The van der Waals surface area contributed by atoms with Crippen molar-refractivity contribution in [1.82, 2.24) is 0 Å². The highest BCUT2D eigenvalue weighted by Crippen LogP contribution is 2.39. The average Bonchev–Trinajstić information content (AvgIpc) is 2.99. The summed E-state index contributed by atoms with van der Waals surface area (Å²) in [6, 6.07) is 28.3. The smallest absolute Gasteiger partial charge is 0.0630 e. The van der Waals surface area contributed by atoms with Crippen molar-refractivity contribution >= 4 is 40.3 Å². The van der Waals surface area contributed by atoms with Crippen molar-refractivity contribution in [1.29, 1.82) is 0 Å². The van der Waals surface area contributed by atoms with E-state index in [1.807, 2.05) is 6.07 Å². The van der Waals surface area contributed by atoms with E-state index in [0.717, 1.165) is 41.9 Å². The van der Waals surface area contributed by atoms with Gasteiger partial charge in [0.15, 0.2) is 0 Å². The summed E-state index contributed by atoms with van der Waals surface area (Å²) in [5, 5.41) is 1.32. The van der Waals surface area contributed by atoms with Gasteiger partial charge in [0.1, 0.15) is 0 Å². The fraction of sp³-hybridized carbons (Fsp3) is 0.172. The molecule has 1 nitrogen and oxygen atoms in total. The predicted octanol–water partition coefficient (Wildman–Crippen LogP) is 8.77. The molecule has 0 saturated heterocycles. The molecule has 0 radical (unpaired) electrons. The third kappa shape index (κ3) is 4.03. The second kappa shape index (κ2) is 8.65. The molecule has 1 aliphatic rings. The molecule has 0 aromatic heterocycles. The molecule has 4 aromatic carbocycles. The lowest BCUT2D eigenvalue weighted by Crippen LogP contribution is -2.11. The third-order valence-electron chi connectivity index (χ3n) is 6.36. The van der Waals surface area contributed by atoms with Crippen LogP contribution in [0, 0.1) is 13.8 Å². The number of rotatable bonds is 3. The number of nitrogens with zero attached hydrogens (tertiary/aromatic N) is 1. The Labute approximate surface area is 200 Å². The lowest BCUT2D eigenvalue weighted by Gasteiger charge is -2.27. The molecule has 0 fully saturated rings. The summed E-state index contributed by atoms with van der Waals surface area (Å²) < 4.78 is 0. The second-order valence-electron chi connectivity index (χ2n) is 8.64. The van der Waals surface area contributed by atoms with E-state index in [-0.39, 0.29) is 0 Å². The zero-order chi connectivity index (χ0) is 22.2.